The van der Waals surface area contributed by atoms with Gasteiger partial charge in [-0.25, -0.2) is 0 Å². The van der Waals surface area contributed by atoms with Gasteiger partial charge in [0, 0.05) is 41.5 Å². The van der Waals surface area contributed by atoms with Gasteiger partial charge in [-0.3, -0.25) is 9.98 Å². The van der Waals surface area contributed by atoms with Crippen LogP contribution in [0, 0.1) is 0 Å². The maximum Gasteiger partial charge on any atom is 0.0891 e. The number of benzene rings is 2. The third kappa shape index (κ3) is 2.27. The summed E-state index contributed by atoms with van der Waals surface area (Å²) in [6.45, 7) is 0. The number of aromatic nitrogens is 1. The molecule has 1 aromatic heterocycles. The molecular weight excluding hydrogens is 258 g/mol. The molecule has 4 rings (SSSR count). The van der Waals surface area contributed by atoms with E-state index < -0.39 is 0 Å². The highest BCUT2D eigenvalue weighted by Crippen LogP contribution is 2.22. The number of aromatic amines is 1. The summed E-state index contributed by atoms with van der Waals surface area (Å²) in [6.07, 6.45) is 6.82. The summed E-state index contributed by atoms with van der Waals surface area (Å²) in [5, 5.41) is 1.27. The number of H-pyrrole nitrogens is 1. The molecule has 1 unspecified atom stereocenters. The van der Waals surface area contributed by atoms with E-state index in [2.05, 4.69) is 39.4 Å². The van der Waals surface area contributed by atoms with E-state index in [1.54, 1.807) is 0 Å². The lowest BCUT2D eigenvalue weighted by Crippen LogP contribution is -2.09. The third-order valence-corrected chi connectivity index (χ3v) is 3.83. The third-order valence-electron chi connectivity index (χ3n) is 3.83. The van der Waals surface area contributed by atoms with Crippen LogP contribution in [-0.2, 0) is 6.42 Å². The second kappa shape index (κ2) is 5.02. The summed E-state index contributed by atoms with van der Waals surface area (Å²) in [7, 11) is 0. The molecule has 0 aliphatic carbocycles. The maximum atomic E-state index is 4.66. The van der Waals surface area contributed by atoms with Gasteiger partial charge in [0.05, 0.1) is 11.7 Å². The molecule has 0 spiro atoms. The van der Waals surface area contributed by atoms with E-state index in [1.165, 1.54) is 16.5 Å². The van der Waals surface area contributed by atoms with Gasteiger partial charge in [0.25, 0.3) is 0 Å². The van der Waals surface area contributed by atoms with Gasteiger partial charge >= 0.3 is 0 Å². The topological polar surface area (TPSA) is 40.5 Å². The molecule has 21 heavy (non-hydrogen) atoms. The fourth-order valence-electron chi connectivity index (χ4n) is 2.73. The molecule has 3 nitrogen and oxygen atoms in total. The molecule has 2 heterocycles. The van der Waals surface area contributed by atoms with Crippen LogP contribution in [0.15, 0.2) is 64.7 Å². The van der Waals surface area contributed by atoms with E-state index in [0.29, 0.717) is 0 Å². The van der Waals surface area contributed by atoms with Crippen molar-refractivity contribution in [3.8, 4) is 0 Å². The number of hydrogen-bond donors (Lipinski definition) is 1. The van der Waals surface area contributed by atoms with Gasteiger partial charge in [0.2, 0.25) is 0 Å². The molecule has 0 fully saturated rings. The summed E-state index contributed by atoms with van der Waals surface area (Å²) in [4.78, 5) is 12.5. The summed E-state index contributed by atoms with van der Waals surface area (Å²) in [5.41, 5.74) is 4.52. The lowest BCUT2D eigenvalue weighted by atomic mass is 10.1. The first-order valence-corrected chi connectivity index (χ1v) is 7.11. The van der Waals surface area contributed by atoms with Crippen molar-refractivity contribution in [2.45, 2.75) is 12.5 Å². The smallest absolute Gasteiger partial charge is 0.0891 e. The summed E-state index contributed by atoms with van der Waals surface area (Å²) in [5.74, 6) is 0. The Morgan fingerprint density at radius 3 is 2.86 bits per heavy atom. The second-order valence-corrected chi connectivity index (χ2v) is 5.25. The number of aliphatic imine (C=N–C) groups is 2. The van der Waals surface area contributed by atoms with Crippen molar-refractivity contribution in [2.75, 3.05) is 0 Å². The first-order valence-electron chi connectivity index (χ1n) is 7.11. The molecule has 0 bridgehead atoms. The number of para-hydroxylation sites is 2. The predicted octanol–water partition coefficient (Wildman–Crippen LogP) is 3.91. The molecule has 0 saturated heterocycles. The highest BCUT2D eigenvalue weighted by Gasteiger charge is 2.11. The van der Waals surface area contributed by atoms with E-state index in [4.69, 9.17) is 0 Å². The summed E-state index contributed by atoms with van der Waals surface area (Å²) >= 11 is 0. The van der Waals surface area contributed by atoms with Crippen LogP contribution in [-0.4, -0.2) is 23.5 Å². The van der Waals surface area contributed by atoms with Gasteiger partial charge in [0.1, 0.15) is 0 Å². The van der Waals surface area contributed by atoms with E-state index >= 15 is 0 Å². The van der Waals surface area contributed by atoms with Crippen LogP contribution in [0.4, 0.5) is 5.69 Å². The zero-order chi connectivity index (χ0) is 14.1. The van der Waals surface area contributed by atoms with Crippen molar-refractivity contribution in [2.24, 2.45) is 9.98 Å². The van der Waals surface area contributed by atoms with Crippen LogP contribution < -0.4 is 0 Å². The predicted molar refractivity (Wildman–Crippen MR) is 88.0 cm³/mol. The van der Waals surface area contributed by atoms with Crippen molar-refractivity contribution < 1.29 is 0 Å². The minimum absolute atomic E-state index is 0.0802. The maximum absolute atomic E-state index is 4.66. The van der Waals surface area contributed by atoms with Gasteiger partial charge in [-0.15, -0.1) is 0 Å². The Hall–Kier alpha value is -2.68. The Balaban J connectivity index is 1.64. The molecule has 0 radical (unpaired) electrons. The molecule has 3 heteroatoms. The van der Waals surface area contributed by atoms with Crippen LogP contribution >= 0.6 is 0 Å². The van der Waals surface area contributed by atoms with E-state index in [-0.39, 0.29) is 6.04 Å². The highest BCUT2D eigenvalue weighted by atomic mass is 14.9. The van der Waals surface area contributed by atoms with Crippen molar-refractivity contribution in [1.29, 1.82) is 0 Å². The molecule has 0 amide bonds. The Kier molecular flexibility index (Phi) is 2.89. The van der Waals surface area contributed by atoms with E-state index in [9.17, 15) is 0 Å². The summed E-state index contributed by atoms with van der Waals surface area (Å²) < 4.78 is 0. The van der Waals surface area contributed by atoms with Crippen molar-refractivity contribution >= 4 is 29.0 Å². The normalized spacial score (nSPS) is 16.9. The Labute approximate surface area is 123 Å². The summed E-state index contributed by atoms with van der Waals surface area (Å²) in [6, 6.07) is 16.5. The zero-order valence-electron chi connectivity index (χ0n) is 11.5. The van der Waals surface area contributed by atoms with Crippen LogP contribution in [0.3, 0.4) is 0 Å². The highest BCUT2D eigenvalue weighted by molar-refractivity contribution is 5.91. The standard InChI is InChI=1S/C18H15N3/c1-3-7-17-13(5-1)10-19-15(12-21-17)9-14-11-20-18-8-4-2-6-16(14)18/h1-8,10-12,15,20H,9H2. The van der Waals surface area contributed by atoms with Crippen molar-refractivity contribution in [3.63, 3.8) is 0 Å². The van der Waals surface area contributed by atoms with Gasteiger partial charge in [-0.2, -0.15) is 0 Å². The Morgan fingerprint density at radius 2 is 1.86 bits per heavy atom. The van der Waals surface area contributed by atoms with Crippen LogP contribution in [0.5, 0.6) is 0 Å². The molecule has 2 aromatic carbocycles. The lowest BCUT2D eigenvalue weighted by molar-refractivity contribution is 0.877. The van der Waals surface area contributed by atoms with Gasteiger partial charge < -0.3 is 4.98 Å². The fourth-order valence-corrected chi connectivity index (χ4v) is 2.73. The van der Waals surface area contributed by atoms with Gasteiger partial charge in [-0.1, -0.05) is 36.4 Å². The minimum atomic E-state index is 0.0802. The molecule has 3 aromatic rings. The largest absolute Gasteiger partial charge is 0.361 e. The van der Waals surface area contributed by atoms with Gasteiger partial charge in [-0.05, 0) is 17.7 Å². The van der Waals surface area contributed by atoms with Crippen molar-refractivity contribution in [3.05, 3.63) is 65.9 Å². The fraction of sp³-hybridized carbons (Fsp3) is 0.111. The molecule has 1 N–H and O–H groups in total. The number of hydrogen-bond acceptors (Lipinski definition) is 2. The average molecular weight is 273 g/mol. The van der Waals surface area contributed by atoms with E-state index in [1.807, 2.05) is 42.8 Å². The molecule has 1 atom stereocenters. The number of nitrogens with zero attached hydrogens (tertiary/aromatic N) is 2. The second-order valence-electron chi connectivity index (χ2n) is 5.25. The monoisotopic (exact) mass is 273 g/mol. The van der Waals surface area contributed by atoms with Crippen LogP contribution in [0.25, 0.3) is 10.9 Å². The Morgan fingerprint density at radius 1 is 1.00 bits per heavy atom. The molecular formula is C18H15N3. The number of rotatable bonds is 2. The zero-order valence-corrected chi connectivity index (χ0v) is 11.5. The SMILES string of the molecule is C1=Nc2ccccc2C=NC1Cc1c[nH]c2ccccc12. The molecule has 0 saturated carbocycles. The number of nitrogens with one attached hydrogen (secondary N) is 1. The van der Waals surface area contributed by atoms with Crippen molar-refractivity contribution in [1.82, 2.24) is 4.98 Å². The molecule has 1 aliphatic heterocycles. The lowest BCUT2D eigenvalue weighted by Gasteiger charge is -2.04. The molecule has 1 aliphatic rings. The average Bonchev–Trinajstić information content (AvgIpc) is 2.82. The molecule has 102 valence electrons. The van der Waals surface area contributed by atoms with Crippen LogP contribution in [0.1, 0.15) is 11.1 Å². The first-order chi connectivity index (χ1) is 10.4. The number of fused-ring (bicyclic) bond motifs is 2. The Bertz CT molecular complexity index is 809. The minimum Gasteiger partial charge on any atom is -0.361 e. The first kappa shape index (κ1) is 12.1. The van der Waals surface area contributed by atoms with E-state index in [0.717, 1.165) is 17.7 Å². The van der Waals surface area contributed by atoms with Crippen LogP contribution in [0.2, 0.25) is 0 Å². The quantitative estimate of drug-likeness (QED) is 0.735. The van der Waals surface area contributed by atoms with Gasteiger partial charge in [0.15, 0.2) is 0 Å².